The van der Waals surface area contributed by atoms with Gasteiger partial charge in [0.25, 0.3) is 0 Å². The molecule has 0 aliphatic carbocycles. The van der Waals surface area contributed by atoms with Crippen LogP contribution in [-0.2, 0) is 11.2 Å². The van der Waals surface area contributed by atoms with Gasteiger partial charge in [-0.25, -0.2) is 4.98 Å². The molecule has 1 aromatic carbocycles. The number of nitrogens with one attached hydrogen (secondary N) is 1. The van der Waals surface area contributed by atoms with Crippen LogP contribution in [0.4, 0.5) is 0 Å². The number of aryl methyl sites for hydroxylation is 1. The Hall–Kier alpha value is -2.69. The standard InChI is InChI=1S/C20H22N4O/c25-19(10-9-15-5-3-11-21-13-15)24-12-4-6-16(14-24)20-22-17-7-1-2-8-18(17)23-20/h1-3,5,7-8,11,13,16H,4,6,9-10,12,14H2,(H,22,23). The number of amides is 1. The second-order valence-corrected chi connectivity index (χ2v) is 6.68. The smallest absolute Gasteiger partial charge is 0.222 e. The van der Waals surface area contributed by atoms with E-state index in [1.807, 2.05) is 47.5 Å². The number of hydrogen-bond acceptors (Lipinski definition) is 3. The van der Waals surface area contributed by atoms with Crippen LogP contribution in [-0.4, -0.2) is 38.8 Å². The molecule has 3 heterocycles. The maximum atomic E-state index is 12.6. The summed E-state index contributed by atoms with van der Waals surface area (Å²) in [6.45, 7) is 1.61. The largest absolute Gasteiger partial charge is 0.342 e. The monoisotopic (exact) mass is 334 g/mol. The highest BCUT2D eigenvalue weighted by Crippen LogP contribution is 2.27. The third-order valence-electron chi connectivity index (χ3n) is 4.92. The van der Waals surface area contributed by atoms with Gasteiger partial charge in [-0.3, -0.25) is 9.78 Å². The van der Waals surface area contributed by atoms with Gasteiger partial charge in [0.2, 0.25) is 5.91 Å². The highest BCUT2D eigenvalue weighted by Gasteiger charge is 2.26. The maximum absolute atomic E-state index is 12.6. The average molecular weight is 334 g/mol. The molecule has 2 aromatic heterocycles. The zero-order chi connectivity index (χ0) is 17.1. The quantitative estimate of drug-likeness (QED) is 0.796. The number of likely N-dealkylation sites (tertiary alicyclic amines) is 1. The fourth-order valence-corrected chi connectivity index (χ4v) is 3.55. The van der Waals surface area contributed by atoms with Gasteiger partial charge < -0.3 is 9.88 Å². The number of pyridine rings is 1. The van der Waals surface area contributed by atoms with Crippen LogP contribution in [0.1, 0.15) is 36.6 Å². The van der Waals surface area contributed by atoms with Crippen LogP contribution >= 0.6 is 0 Å². The molecule has 0 spiro atoms. The number of para-hydroxylation sites is 2. The number of hydrogen-bond donors (Lipinski definition) is 1. The zero-order valence-electron chi connectivity index (χ0n) is 14.2. The molecule has 1 N–H and O–H groups in total. The summed E-state index contributed by atoms with van der Waals surface area (Å²) in [5.74, 6) is 1.53. The molecule has 5 heteroatoms. The number of rotatable bonds is 4. The summed E-state index contributed by atoms with van der Waals surface area (Å²) in [6.07, 6.45) is 6.98. The number of benzene rings is 1. The van der Waals surface area contributed by atoms with Gasteiger partial charge in [0.15, 0.2) is 0 Å². The summed E-state index contributed by atoms with van der Waals surface area (Å²) in [6, 6.07) is 12.0. The molecule has 3 aromatic rings. The van der Waals surface area contributed by atoms with Crippen LogP contribution in [0, 0.1) is 0 Å². The number of aromatic amines is 1. The predicted molar refractivity (Wildman–Crippen MR) is 97.2 cm³/mol. The van der Waals surface area contributed by atoms with Gasteiger partial charge in [-0.2, -0.15) is 0 Å². The van der Waals surface area contributed by atoms with Gasteiger partial charge >= 0.3 is 0 Å². The number of H-pyrrole nitrogens is 1. The van der Waals surface area contributed by atoms with Crippen molar-refractivity contribution < 1.29 is 4.79 Å². The van der Waals surface area contributed by atoms with Gasteiger partial charge in [0.05, 0.1) is 11.0 Å². The van der Waals surface area contributed by atoms with Gasteiger partial charge in [0.1, 0.15) is 5.82 Å². The summed E-state index contributed by atoms with van der Waals surface area (Å²) >= 11 is 0. The Bertz CT molecular complexity index is 825. The van der Waals surface area contributed by atoms with Crippen LogP contribution < -0.4 is 0 Å². The number of imidazole rings is 1. The minimum absolute atomic E-state index is 0.227. The molecule has 1 aliphatic heterocycles. The minimum Gasteiger partial charge on any atom is -0.342 e. The summed E-state index contributed by atoms with van der Waals surface area (Å²) < 4.78 is 0. The van der Waals surface area contributed by atoms with E-state index in [4.69, 9.17) is 4.98 Å². The van der Waals surface area contributed by atoms with Crippen molar-refractivity contribution in [2.75, 3.05) is 13.1 Å². The SMILES string of the molecule is O=C(CCc1cccnc1)N1CCCC(c2nc3ccccc3[nH]2)C1. The molecule has 1 amide bonds. The van der Waals surface area contributed by atoms with Gasteiger partial charge in [-0.05, 0) is 43.0 Å². The third kappa shape index (κ3) is 3.55. The van der Waals surface area contributed by atoms with Crippen LogP contribution in [0.5, 0.6) is 0 Å². The van der Waals surface area contributed by atoms with Crippen LogP contribution in [0.2, 0.25) is 0 Å². The molecule has 0 bridgehead atoms. The molecule has 5 nitrogen and oxygen atoms in total. The lowest BCUT2D eigenvalue weighted by molar-refractivity contribution is -0.132. The second kappa shape index (κ2) is 7.05. The number of piperidine rings is 1. The van der Waals surface area contributed by atoms with E-state index in [2.05, 4.69) is 9.97 Å². The van der Waals surface area contributed by atoms with Crippen molar-refractivity contribution in [2.45, 2.75) is 31.6 Å². The lowest BCUT2D eigenvalue weighted by Gasteiger charge is -2.32. The molecule has 25 heavy (non-hydrogen) atoms. The summed E-state index contributed by atoms with van der Waals surface area (Å²) in [5, 5.41) is 0. The van der Waals surface area contributed by atoms with E-state index in [1.165, 1.54) is 0 Å². The minimum atomic E-state index is 0.227. The molecule has 1 fully saturated rings. The Balaban J connectivity index is 1.41. The van der Waals surface area contributed by atoms with Crippen molar-refractivity contribution in [3.05, 3.63) is 60.2 Å². The van der Waals surface area contributed by atoms with E-state index in [0.29, 0.717) is 12.3 Å². The molecule has 1 atom stereocenters. The van der Waals surface area contributed by atoms with Crippen LogP contribution in [0.3, 0.4) is 0 Å². The lowest BCUT2D eigenvalue weighted by atomic mass is 9.97. The Morgan fingerprint density at radius 2 is 2.16 bits per heavy atom. The van der Waals surface area contributed by atoms with E-state index < -0.39 is 0 Å². The molecule has 128 valence electrons. The van der Waals surface area contributed by atoms with Crippen molar-refractivity contribution in [2.24, 2.45) is 0 Å². The molecule has 1 aliphatic rings. The van der Waals surface area contributed by atoms with Gasteiger partial charge in [0, 0.05) is 37.8 Å². The molecule has 4 rings (SSSR count). The first-order valence-corrected chi connectivity index (χ1v) is 8.91. The van der Waals surface area contributed by atoms with E-state index in [9.17, 15) is 4.79 Å². The fourth-order valence-electron chi connectivity index (χ4n) is 3.55. The molecule has 1 saturated heterocycles. The first-order chi connectivity index (χ1) is 12.3. The normalized spacial score (nSPS) is 17.8. The van der Waals surface area contributed by atoms with Crippen LogP contribution in [0.15, 0.2) is 48.8 Å². The zero-order valence-corrected chi connectivity index (χ0v) is 14.2. The maximum Gasteiger partial charge on any atom is 0.222 e. The number of fused-ring (bicyclic) bond motifs is 1. The van der Waals surface area contributed by atoms with Crippen molar-refractivity contribution in [3.63, 3.8) is 0 Å². The average Bonchev–Trinajstić information content (AvgIpc) is 3.11. The predicted octanol–water partition coefficient (Wildman–Crippen LogP) is 3.30. The second-order valence-electron chi connectivity index (χ2n) is 6.68. The summed E-state index contributed by atoms with van der Waals surface area (Å²) in [7, 11) is 0. The summed E-state index contributed by atoms with van der Waals surface area (Å²) in [4.78, 5) is 26.9. The molecule has 0 radical (unpaired) electrons. The Kier molecular flexibility index (Phi) is 4.46. The Labute approximate surface area is 147 Å². The highest BCUT2D eigenvalue weighted by molar-refractivity contribution is 5.77. The van der Waals surface area contributed by atoms with E-state index >= 15 is 0 Å². The van der Waals surface area contributed by atoms with E-state index in [1.54, 1.807) is 6.20 Å². The highest BCUT2D eigenvalue weighted by atomic mass is 16.2. The lowest BCUT2D eigenvalue weighted by Crippen LogP contribution is -2.39. The van der Waals surface area contributed by atoms with E-state index in [0.717, 1.165) is 54.8 Å². The fraction of sp³-hybridized carbons (Fsp3) is 0.350. The molecular formula is C20H22N4O. The molecular weight excluding hydrogens is 312 g/mol. The molecule has 1 unspecified atom stereocenters. The van der Waals surface area contributed by atoms with Crippen molar-refractivity contribution in [3.8, 4) is 0 Å². The van der Waals surface area contributed by atoms with E-state index in [-0.39, 0.29) is 5.91 Å². The first-order valence-electron chi connectivity index (χ1n) is 8.91. The summed E-state index contributed by atoms with van der Waals surface area (Å²) in [5.41, 5.74) is 3.18. The van der Waals surface area contributed by atoms with Crippen molar-refractivity contribution in [1.29, 1.82) is 0 Å². The number of aromatic nitrogens is 3. The topological polar surface area (TPSA) is 61.9 Å². The third-order valence-corrected chi connectivity index (χ3v) is 4.92. The van der Waals surface area contributed by atoms with Crippen molar-refractivity contribution in [1.82, 2.24) is 19.9 Å². The number of carbonyl (C=O) groups is 1. The first kappa shape index (κ1) is 15.8. The Morgan fingerprint density at radius 1 is 1.24 bits per heavy atom. The van der Waals surface area contributed by atoms with Crippen LogP contribution in [0.25, 0.3) is 11.0 Å². The Morgan fingerprint density at radius 3 is 3.00 bits per heavy atom. The number of carbonyl (C=O) groups excluding carboxylic acids is 1. The molecule has 0 saturated carbocycles. The number of nitrogens with zero attached hydrogens (tertiary/aromatic N) is 3. The van der Waals surface area contributed by atoms with Crippen molar-refractivity contribution >= 4 is 16.9 Å². The van der Waals surface area contributed by atoms with Gasteiger partial charge in [-0.1, -0.05) is 18.2 Å². The van der Waals surface area contributed by atoms with Gasteiger partial charge in [-0.15, -0.1) is 0 Å².